The molecule has 0 unspecified atom stereocenters. The van der Waals surface area contributed by atoms with E-state index in [0.29, 0.717) is 0 Å². The number of hydrogen-bond donors (Lipinski definition) is 1. The summed E-state index contributed by atoms with van der Waals surface area (Å²) < 4.78 is 1.30. The van der Waals surface area contributed by atoms with Crippen molar-refractivity contribution in [2.75, 3.05) is 5.75 Å². The lowest BCUT2D eigenvalue weighted by Gasteiger charge is -2.08. The van der Waals surface area contributed by atoms with Crippen LogP contribution in [0.1, 0.15) is 24.7 Å². The van der Waals surface area contributed by atoms with Crippen LogP contribution >= 0.6 is 23.1 Å². The molecular formula is C11H12N2OS2. The van der Waals surface area contributed by atoms with Gasteiger partial charge in [0.2, 0.25) is 0 Å². The Kier molecular flexibility index (Phi) is 2.52. The lowest BCUT2D eigenvalue weighted by Crippen LogP contribution is -2.12. The van der Waals surface area contributed by atoms with E-state index in [-0.39, 0.29) is 5.56 Å². The zero-order valence-corrected chi connectivity index (χ0v) is 10.6. The van der Waals surface area contributed by atoms with Crippen molar-refractivity contribution in [1.82, 2.24) is 9.97 Å². The molecule has 0 spiro atoms. The Labute approximate surface area is 101 Å². The number of aromatic nitrogens is 2. The van der Waals surface area contributed by atoms with Gasteiger partial charge in [0.05, 0.1) is 9.60 Å². The molecule has 1 aliphatic heterocycles. The number of thiophene rings is 1. The minimum Gasteiger partial charge on any atom is -0.310 e. The van der Waals surface area contributed by atoms with Crippen LogP contribution in [0.15, 0.2) is 9.00 Å². The Bertz CT molecular complexity index is 600. The fraction of sp³-hybridized carbons (Fsp3) is 0.455. The molecule has 5 heteroatoms. The van der Waals surface area contributed by atoms with Crippen LogP contribution in [0, 0.1) is 0 Å². The molecule has 0 bridgehead atoms. The third-order valence-electron chi connectivity index (χ3n) is 2.81. The zero-order chi connectivity index (χ0) is 11.1. The lowest BCUT2D eigenvalue weighted by molar-refractivity contribution is 0.905. The highest BCUT2D eigenvalue weighted by Gasteiger charge is 2.19. The number of rotatable bonds is 1. The van der Waals surface area contributed by atoms with Gasteiger partial charge < -0.3 is 4.98 Å². The van der Waals surface area contributed by atoms with Gasteiger partial charge in [0, 0.05) is 6.42 Å². The van der Waals surface area contributed by atoms with Gasteiger partial charge in [0.1, 0.15) is 10.7 Å². The van der Waals surface area contributed by atoms with E-state index in [2.05, 4.69) is 9.97 Å². The average molecular weight is 252 g/mol. The van der Waals surface area contributed by atoms with Crippen molar-refractivity contribution in [1.29, 1.82) is 0 Å². The summed E-state index contributed by atoms with van der Waals surface area (Å²) in [7, 11) is 0. The fourth-order valence-corrected chi connectivity index (χ4v) is 4.57. The fourth-order valence-electron chi connectivity index (χ4n) is 2.01. The first-order valence-corrected chi connectivity index (χ1v) is 7.27. The monoisotopic (exact) mass is 252 g/mol. The summed E-state index contributed by atoms with van der Waals surface area (Å²) in [6.07, 6.45) is 2.97. The van der Waals surface area contributed by atoms with Crippen molar-refractivity contribution in [3.8, 4) is 0 Å². The Hall–Kier alpha value is -0.810. The first-order chi connectivity index (χ1) is 7.79. The zero-order valence-electron chi connectivity index (χ0n) is 9.00. The Morgan fingerprint density at radius 2 is 2.38 bits per heavy atom. The highest BCUT2D eigenvalue weighted by atomic mass is 32.2. The van der Waals surface area contributed by atoms with E-state index in [1.54, 1.807) is 11.3 Å². The molecular weight excluding hydrogens is 240 g/mol. The van der Waals surface area contributed by atoms with Crippen molar-refractivity contribution in [3.63, 3.8) is 0 Å². The molecule has 0 fully saturated rings. The van der Waals surface area contributed by atoms with E-state index in [4.69, 9.17) is 0 Å². The van der Waals surface area contributed by atoms with Gasteiger partial charge in [-0.3, -0.25) is 4.79 Å². The normalized spacial score (nSPS) is 15.3. The van der Waals surface area contributed by atoms with E-state index in [0.717, 1.165) is 28.9 Å². The van der Waals surface area contributed by atoms with Gasteiger partial charge in [0.25, 0.3) is 5.56 Å². The topological polar surface area (TPSA) is 45.8 Å². The van der Waals surface area contributed by atoms with E-state index >= 15 is 0 Å². The molecule has 0 radical (unpaired) electrons. The molecule has 0 saturated heterocycles. The smallest absolute Gasteiger partial charge is 0.259 e. The summed E-state index contributed by atoms with van der Waals surface area (Å²) in [5, 5.41) is 0.837. The van der Waals surface area contributed by atoms with Gasteiger partial charge in [-0.15, -0.1) is 23.1 Å². The SMILES string of the molecule is CCc1nc2sc3c(c2c(=O)[nH]1)CCCS3. The second kappa shape index (κ2) is 3.89. The molecule has 3 rings (SSSR count). The molecule has 2 aromatic rings. The number of hydrogen-bond acceptors (Lipinski definition) is 4. The molecule has 0 amide bonds. The van der Waals surface area contributed by atoms with Crippen LogP contribution in [0.2, 0.25) is 0 Å². The van der Waals surface area contributed by atoms with Crippen molar-refractivity contribution in [2.45, 2.75) is 30.4 Å². The third kappa shape index (κ3) is 1.50. The van der Waals surface area contributed by atoms with Crippen LogP contribution in [0.4, 0.5) is 0 Å². The van der Waals surface area contributed by atoms with Gasteiger partial charge in [-0.1, -0.05) is 6.92 Å². The molecule has 1 N–H and O–H groups in total. The van der Waals surface area contributed by atoms with Crippen LogP contribution in [0.25, 0.3) is 10.2 Å². The van der Waals surface area contributed by atoms with E-state index in [1.807, 2.05) is 18.7 Å². The van der Waals surface area contributed by atoms with Crippen molar-refractivity contribution < 1.29 is 0 Å². The van der Waals surface area contributed by atoms with Crippen molar-refractivity contribution in [3.05, 3.63) is 21.7 Å². The number of nitrogens with zero attached hydrogens (tertiary/aromatic N) is 1. The lowest BCUT2D eigenvalue weighted by atomic mass is 10.1. The number of aryl methyl sites for hydroxylation is 2. The quantitative estimate of drug-likeness (QED) is 0.848. The standard InChI is InChI=1S/C11H12N2OS2/c1-2-7-12-9(14)8-6-4-3-5-15-11(6)16-10(8)13-7/h2-5H2,1H3,(H,12,13,14). The predicted octanol–water partition coefficient (Wildman–Crippen LogP) is 2.59. The molecule has 3 nitrogen and oxygen atoms in total. The maximum absolute atomic E-state index is 12.0. The van der Waals surface area contributed by atoms with Crippen LogP contribution in [0.3, 0.4) is 0 Å². The molecule has 1 aliphatic rings. The van der Waals surface area contributed by atoms with E-state index in [1.165, 1.54) is 21.9 Å². The number of fused-ring (bicyclic) bond motifs is 3. The van der Waals surface area contributed by atoms with Gasteiger partial charge >= 0.3 is 0 Å². The van der Waals surface area contributed by atoms with Crippen LogP contribution in [-0.2, 0) is 12.8 Å². The number of thioether (sulfide) groups is 1. The number of aromatic amines is 1. The molecule has 0 saturated carbocycles. The van der Waals surface area contributed by atoms with Gasteiger partial charge in [-0.25, -0.2) is 4.98 Å². The second-order valence-corrected chi connectivity index (χ2v) is 6.23. The molecule has 2 aromatic heterocycles. The first-order valence-electron chi connectivity index (χ1n) is 5.47. The maximum atomic E-state index is 12.0. The minimum absolute atomic E-state index is 0.0434. The largest absolute Gasteiger partial charge is 0.310 e. The van der Waals surface area contributed by atoms with Gasteiger partial charge in [-0.05, 0) is 24.2 Å². The predicted molar refractivity (Wildman–Crippen MR) is 68.7 cm³/mol. The number of nitrogens with one attached hydrogen (secondary N) is 1. The van der Waals surface area contributed by atoms with Crippen molar-refractivity contribution >= 4 is 33.3 Å². The average Bonchev–Trinajstić information content (AvgIpc) is 2.67. The minimum atomic E-state index is 0.0434. The van der Waals surface area contributed by atoms with Gasteiger partial charge in [0.15, 0.2) is 0 Å². The summed E-state index contributed by atoms with van der Waals surface area (Å²) in [5.41, 5.74) is 1.27. The molecule has 0 aliphatic carbocycles. The Morgan fingerprint density at radius 1 is 1.50 bits per heavy atom. The highest BCUT2D eigenvalue weighted by molar-refractivity contribution is 8.01. The van der Waals surface area contributed by atoms with Gasteiger partial charge in [-0.2, -0.15) is 0 Å². The maximum Gasteiger partial charge on any atom is 0.259 e. The van der Waals surface area contributed by atoms with Crippen LogP contribution < -0.4 is 5.56 Å². The summed E-state index contributed by atoms with van der Waals surface area (Å²) >= 11 is 3.54. The van der Waals surface area contributed by atoms with E-state index in [9.17, 15) is 4.79 Å². The highest BCUT2D eigenvalue weighted by Crippen LogP contribution is 2.39. The number of H-pyrrole nitrogens is 1. The van der Waals surface area contributed by atoms with E-state index < -0.39 is 0 Å². The molecule has 0 aromatic carbocycles. The summed E-state index contributed by atoms with van der Waals surface area (Å²) in [6.45, 7) is 2.01. The summed E-state index contributed by atoms with van der Waals surface area (Å²) in [4.78, 5) is 20.3. The van der Waals surface area contributed by atoms with Crippen LogP contribution in [0.5, 0.6) is 0 Å². The molecule has 84 valence electrons. The third-order valence-corrected chi connectivity index (χ3v) is 5.34. The first kappa shape index (κ1) is 10.4. The van der Waals surface area contributed by atoms with Crippen molar-refractivity contribution in [2.24, 2.45) is 0 Å². The van der Waals surface area contributed by atoms with Crippen LogP contribution in [-0.4, -0.2) is 15.7 Å². The Morgan fingerprint density at radius 3 is 3.19 bits per heavy atom. The molecule has 3 heterocycles. The molecule has 0 atom stereocenters. The molecule has 16 heavy (non-hydrogen) atoms. The second-order valence-electron chi connectivity index (χ2n) is 3.87. The Balaban J connectivity index is 2.34. The summed E-state index contributed by atoms with van der Waals surface area (Å²) in [6, 6.07) is 0. The summed E-state index contributed by atoms with van der Waals surface area (Å²) in [5.74, 6) is 1.96.